The molecular weight excluding hydrogens is 438 g/mol. The molecular formula is C28H37N5O2. The van der Waals surface area contributed by atoms with Crippen molar-refractivity contribution >= 4 is 16.9 Å². The highest BCUT2D eigenvalue weighted by Gasteiger charge is 2.15. The normalized spacial score (nSPS) is 14.2. The van der Waals surface area contributed by atoms with Crippen LogP contribution in [0.1, 0.15) is 55.5 Å². The minimum Gasteiger partial charge on any atom is -0.384 e. The van der Waals surface area contributed by atoms with E-state index in [4.69, 9.17) is 20.2 Å². The minimum atomic E-state index is 0.355. The second-order valence-electron chi connectivity index (χ2n) is 9.10. The molecule has 2 N–H and O–H groups in total. The number of hydrogen-bond donors (Lipinski definition) is 1. The predicted molar refractivity (Wildman–Crippen MR) is 140 cm³/mol. The number of hydrogen-bond acceptors (Lipinski definition) is 6. The number of ether oxygens (including phenoxy) is 2. The zero-order valence-corrected chi connectivity index (χ0v) is 20.8. The molecule has 1 aliphatic rings. The first-order valence-corrected chi connectivity index (χ1v) is 12.7. The Hall–Kier alpha value is -2.92. The summed E-state index contributed by atoms with van der Waals surface area (Å²) in [5, 5.41) is 0. The summed E-state index contributed by atoms with van der Waals surface area (Å²) >= 11 is 0. The topological polar surface area (TPSA) is 78.4 Å². The average Bonchev–Trinajstić information content (AvgIpc) is 3.24. The summed E-state index contributed by atoms with van der Waals surface area (Å²) in [7, 11) is 1.67. The Kier molecular flexibility index (Phi) is 9.53. The first kappa shape index (κ1) is 25.2. The fraction of sp³-hybridized carbons (Fsp3) is 0.500. The van der Waals surface area contributed by atoms with Crippen molar-refractivity contribution in [1.82, 2.24) is 19.4 Å². The van der Waals surface area contributed by atoms with E-state index in [2.05, 4.69) is 33.9 Å². The van der Waals surface area contributed by atoms with Gasteiger partial charge in [-0.3, -0.25) is 0 Å². The number of nitrogens with two attached hydrogens (primary N) is 1. The third kappa shape index (κ3) is 7.28. The van der Waals surface area contributed by atoms with Gasteiger partial charge in [0.15, 0.2) is 5.82 Å². The molecule has 35 heavy (non-hydrogen) atoms. The lowest BCUT2D eigenvalue weighted by Gasteiger charge is -2.26. The summed E-state index contributed by atoms with van der Waals surface area (Å²) in [6.45, 7) is 5.11. The molecule has 4 rings (SSSR count). The monoisotopic (exact) mass is 475 g/mol. The third-order valence-electron chi connectivity index (χ3n) is 6.35. The van der Waals surface area contributed by atoms with Crippen molar-refractivity contribution in [2.45, 2.75) is 58.3 Å². The Morgan fingerprint density at radius 1 is 1.06 bits per heavy atom. The first-order valence-electron chi connectivity index (χ1n) is 12.7. The Bertz CT molecular complexity index is 1130. The molecule has 1 aromatic carbocycles. The smallest absolute Gasteiger partial charge is 0.151 e. The number of rotatable bonds is 11. The van der Waals surface area contributed by atoms with Crippen LogP contribution in [0, 0.1) is 11.8 Å². The van der Waals surface area contributed by atoms with Gasteiger partial charge in [0.1, 0.15) is 23.6 Å². The van der Waals surface area contributed by atoms with Crippen LogP contribution in [-0.2, 0) is 29.2 Å². The van der Waals surface area contributed by atoms with Crippen LogP contribution in [0.3, 0.4) is 0 Å². The number of nitrogen functional groups attached to an aromatic ring is 1. The molecule has 0 unspecified atom stereocenters. The molecule has 0 aliphatic carbocycles. The second-order valence-corrected chi connectivity index (χ2v) is 9.10. The van der Waals surface area contributed by atoms with Crippen LogP contribution in [0.25, 0.3) is 11.0 Å². The molecule has 186 valence electrons. The number of piperidine rings is 1. The fourth-order valence-electron chi connectivity index (χ4n) is 4.50. The van der Waals surface area contributed by atoms with E-state index in [0.29, 0.717) is 38.0 Å². The molecule has 0 bridgehead atoms. The van der Waals surface area contributed by atoms with Crippen molar-refractivity contribution < 1.29 is 9.47 Å². The average molecular weight is 476 g/mol. The lowest BCUT2D eigenvalue weighted by Crippen LogP contribution is -2.30. The van der Waals surface area contributed by atoms with E-state index >= 15 is 0 Å². The second kappa shape index (κ2) is 13.2. The summed E-state index contributed by atoms with van der Waals surface area (Å²) < 4.78 is 13.1. The van der Waals surface area contributed by atoms with Gasteiger partial charge in [0, 0.05) is 26.1 Å². The summed E-state index contributed by atoms with van der Waals surface area (Å²) in [5.74, 6) is 7.82. The van der Waals surface area contributed by atoms with E-state index < -0.39 is 0 Å². The van der Waals surface area contributed by atoms with Crippen LogP contribution in [0.2, 0.25) is 0 Å². The van der Waals surface area contributed by atoms with Crippen molar-refractivity contribution in [3.8, 4) is 11.8 Å². The number of methoxy groups -OCH3 is 1. The van der Waals surface area contributed by atoms with Crippen LogP contribution in [0.15, 0.2) is 36.5 Å². The fourth-order valence-corrected chi connectivity index (χ4v) is 4.50. The number of nitrogens with zero attached hydrogens (tertiary/aromatic N) is 4. The molecule has 2 aromatic heterocycles. The molecule has 0 spiro atoms. The van der Waals surface area contributed by atoms with Crippen LogP contribution < -0.4 is 5.73 Å². The third-order valence-corrected chi connectivity index (χ3v) is 6.35. The van der Waals surface area contributed by atoms with Crippen LogP contribution in [-0.4, -0.2) is 52.8 Å². The van der Waals surface area contributed by atoms with Gasteiger partial charge in [-0.15, -0.1) is 0 Å². The molecule has 7 heteroatoms. The van der Waals surface area contributed by atoms with E-state index in [9.17, 15) is 0 Å². The van der Waals surface area contributed by atoms with Gasteiger partial charge in [0.05, 0.1) is 18.8 Å². The molecule has 7 nitrogen and oxygen atoms in total. The lowest BCUT2D eigenvalue weighted by molar-refractivity contribution is 0.0668. The summed E-state index contributed by atoms with van der Waals surface area (Å²) in [4.78, 5) is 11.9. The van der Waals surface area contributed by atoms with Gasteiger partial charge in [-0.1, -0.05) is 48.6 Å². The van der Waals surface area contributed by atoms with Gasteiger partial charge in [-0.05, 0) is 50.9 Å². The standard InChI is InChI=1S/C28H37N5O2/c1-34-19-15-25-30-26-24(14-8-2-3-9-16-32-17-10-5-11-18-32)20-33(27(26)28(29)31-25)22-35-21-23-12-6-4-7-13-23/h4,6-7,12-13,20H,2-3,5,9-11,15-19,21-22H2,1H3,(H2,29,30,31). The molecule has 0 radical (unpaired) electrons. The van der Waals surface area contributed by atoms with Gasteiger partial charge >= 0.3 is 0 Å². The molecule has 3 aromatic rings. The van der Waals surface area contributed by atoms with E-state index in [1.165, 1.54) is 45.3 Å². The van der Waals surface area contributed by atoms with Crippen molar-refractivity contribution in [3.05, 3.63) is 53.5 Å². The van der Waals surface area contributed by atoms with E-state index in [1.807, 2.05) is 29.0 Å². The maximum absolute atomic E-state index is 6.37. The maximum atomic E-state index is 6.37. The number of unbranched alkanes of at least 4 members (excludes halogenated alkanes) is 2. The first-order chi connectivity index (χ1) is 17.2. The quantitative estimate of drug-likeness (QED) is 0.327. The maximum Gasteiger partial charge on any atom is 0.151 e. The SMILES string of the molecule is COCCc1nc(N)c2c(n1)c(C#CCCCCN1CCCCC1)cn2COCc1ccccc1. The molecule has 1 aliphatic heterocycles. The predicted octanol–water partition coefficient (Wildman–Crippen LogP) is 4.38. The van der Waals surface area contributed by atoms with Gasteiger partial charge in [-0.25, -0.2) is 9.97 Å². The Balaban J connectivity index is 1.44. The molecule has 0 saturated carbocycles. The number of likely N-dealkylation sites (tertiary alicyclic amines) is 1. The van der Waals surface area contributed by atoms with E-state index in [1.54, 1.807) is 7.11 Å². The van der Waals surface area contributed by atoms with Gasteiger partial charge < -0.3 is 24.7 Å². The van der Waals surface area contributed by atoms with Gasteiger partial charge in [0.2, 0.25) is 0 Å². The summed E-state index contributed by atoms with van der Waals surface area (Å²) in [6.07, 6.45) is 9.85. The van der Waals surface area contributed by atoms with E-state index in [0.717, 1.165) is 35.0 Å². The van der Waals surface area contributed by atoms with Gasteiger partial charge in [0.25, 0.3) is 0 Å². The molecule has 3 heterocycles. The highest BCUT2D eigenvalue weighted by molar-refractivity contribution is 5.90. The molecule has 1 fully saturated rings. The number of aromatic nitrogens is 3. The Morgan fingerprint density at radius 2 is 1.89 bits per heavy atom. The van der Waals surface area contributed by atoms with Crippen LogP contribution >= 0.6 is 0 Å². The number of fused-ring (bicyclic) bond motifs is 1. The minimum absolute atomic E-state index is 0.355. The number of anilines is 1. The zero-order chi connectivity index (χ0) is 24.3. The van der Waals surface area contributed by atoms with Crippen molar-refractivity contribution in [3.63, 3.8) is 0 Å². The summed E-state index contributed by atoms with van der Waals surface area (Å²) in [6, 6.07) is 10.1. The van der Waals surface area contributed by atoms with Crippen molar-refractivity contribution in [1.29, 1.82) is 0 Å². The zero-order valence-electron chi connectivity index (χ0n) is 20.8. The molecule has 0 atom stereocenters. The highest BCUT2D eigenvalue weighted by Crippen LogP contribution is 2.24. The molecule has 0 amide bonds. The Morgan fingerprint density at radius 3 is 2.69 bits per heavy atom. The number of benzene rings is 1. The van der Waals surface area contributed by atoms with Gasteiger partial charge in [-0.2, -0.15) is 0 Å². The molecule has 1 saturated heterocycles. The van der Waals surface area contributed by atoms with E-state index in [-0.39, 0.29) is 0 Å². The van der Waals surface area contributed by atoms with Crippen LogP contribution in [0.5, 0.6) is 0 Å². The highest BCUT2D eigenvalue weighted by atomic mass is 16.5. The van der Waals surface area contributed by atoms with Crippen LogP contribution in [0.4, 0.5) is 5.82 Å². The lowest BCUT2D eigenvalue weighted by atomic mass is 10.1. The van der Waals surface area contributed by atoms with Crippen molar-refractivity contribution in [2.24, 2.45) is 0 Å². The Labute approximate surface area is 208 Å². The largest absolute Gasteiger partial charge is 0.384 e. The summed E-state index contributed by atoms with van der Waals surface area (Å²) in [5.41, 5.74) is 9.92. The van der Waals surface area contributed by atoms with Crippen molar-refractivity contribution in [2.75, 3.05) is 39.1 Å².